The Morgan fingerprint density at radius 3 is 2.50 bits per heavy atom. The summed E-state index contributed by atoms with van der Waals surface area (Å²) in [7, 11) is 0. The number of esters is 1. The fourth-order valence-electron chi connectivity index (χ4n) is 2.49. The van der Waals surface area contributed by atoms with Gasteiger partial charge in [0.25, 0.3) is 5.91 Å². The number of carbonyl (C=O) groups excluding carboxylic acids is 2. The third-order valence-electron chi connectivity index (χ3n) is 4.14. The third kappa shape index (κ3) is 4.20. The Bertz CT molecular complexity index is 1020. The fraction of sp³-hybridized carbons (Fsp3) is 0.200. The number of rotatable bonds is 5. The molecule has 3 aromatic rings. The minimum atomic E-state index is -1.02. The molecule has 1 amide bonds. The topological polar surface area (TPSA) is 86.1 Å². The van der Waals surface area contributed by atoms with Crippen LogP contribution in [0.5, 0.6) is 0 Å². The molecule has 1 heterocycles. The minimum Gasteiger partial charge on any atom is -0.448 e. The molecule has 0 spiro atoms. The molecule has 1 atom stereocenters. The van der Waals surface area contributed by atoms with E-state index in [0.717, 1.165) is 5.56 Å². The molecule has 0 saturated heterocycles. The molecule has 1 aromatic heterocycles. The number of aryl methyl sites for hydroxylation is 1. The second-order valence-electron chi connectivity index (χ2n) is 6.21. The van der Waals surface area contributed by atoms with E-state index in [2.05, 4.69) is 15.5 Å². The van der Waals surface area contributed by atoms with Crippen LogP contribution in [0.3, 0.4) is 0 Å². The van der Waals surface area contributed by atoms with Crippen LogP contribution in [0, 0.1) is 13.8 Å². The van der Waals surface area contributed by atoms with E-state index in [-0.39, 0.29) is 5.69 Å². The summed E-state index contributed by atoms with van der Waals surface area (Å²) in [6.07, 6.45) is -1.02. The van der Waals surface area contributed by atoms with Gasteiger partial charge in [0.15, 0.2) is 11.8 Å². The van der Waals surface area contributed by atoms with Gasteiger partial charge in [-0.05, 0) is 50.6 Å². The van der Waals surface area contributed by atoms with Crippen LogP contribution in [-0.2, 0) is 9.53 Å². The van der Waals surface area contributed by atoms with Crippen molar-refractivity contribution >= 4 is 29.2 Å². The Balaban J connectivity index is 1.69. The largest absolute Gasteiger partial charge is 0.448 e. The summed E-state index contributed by atoms with van der Waals surface area (Å²) in [6.45, 7) is 4.94. The number of nitrogens with zero attached hydrogens (tertiary/aromatic N) is 3. The van der Waals surface area contributed by atoms with E-state index in [0.29, 0.717) is 22.1 Å². The van der Waals surface area contributed by atoms with E-state index >= 15 is 0 Å². The molecule has 1 N–H and O–H groups in total. The van der Waals surface area contributed by atoms with Crippen molar-refractivity contribution in [2.24, 2.45) is 0 Å². The highest BCUT2D eigenvalue weighted by Gasteiger charge is 2.24. The zero-order valence-corrected chi connectivity index (χ0v) is 16.4. The van der Waals surface area contributed by atoms with Gasteiger partial charge in [0.1, 0.15) is 0 Å². The summed E-state index contributed by atoms with van der Waals surface area (Å²) < 4.78 is 5.27. The number of hydrogen-bond donors (Lipinski definition) is 1. The zero-order chi connectivity index (χ0) is 20.3. The summed E-state index contributed by atoms with van der Waals surface area (Å²) in [6, 6.07) is 14.4. The molecule has 7 nitrogen and oxygen atoms in total. The van der Waals surface area contributed by atoms with Crippen LogP contribution in [0.1, 0.15) is 28.7 Å². The van der Waals surface area contributed by atoms with Crippen LogP contribution in [0.25, 0.3) is 5.69 Å². The predicted molar refractivity (Wildman–Crippen MR) is 106 cm³/mol. The van der Waals surface area contributed by atoms with Crippen LogP contribution in [0.15, 0.2) is 48.5 Å². The van der Waals surface area contributed by atoms with Crippen molar-refractivity contribution < 1.29 is 14.3 Å². The summed E-state index contributed by atoms with van der Waals surface area (Å²) in [5.74, 6) is -1.18. The lowest BCUT2D eigenvalue weighted by Gasteiger charge is -2.14. The molecule has 0 saturated carbocycles. The number of aromatic nitrogens is 3. The van der Waals surface area contributed by atoms with Gasteiger partial charge in [0.2, 0.25) is 0 Å². The van der Waals surface area contributed by atoms with Gasteiger partial charge in [-0.2, -0.15) is 9.90 Å². The first-order chi connectivity index (χ1) is 13.4. The number of benzene rings is 2. The molecule has 0 fully saturated rings. The van der Waals surface area contributed by atoms with Gasteiger partial charge in [-0.1, -0.05) is 35.9 Å². The average Bonchev–Trinajstić information content (AvgIpc) is 3.08. The zero-order valence-electron chi connectivity index (χ0n) is 15.6. The van der Waals surface area contributed by atoms with Gasteiger partial charge < -0.3 is 10.1 Å². The maximum Gasteiger partial charge on any atom is 0.361 e. The molecule has 3 rings (SSSR count). The maximum atomic E-state index is 12.5. The normalized spacial score (nSPS) is 11.7. The average molecular weight is 399 g/mol. The molecular formula is C20H19ClN4O3. The van der Waals surface area contributed by atoms with Gasteiger partial charge in [0.05, 0.1) is 11.4 Å². The van der Waals surface area contributed by atoms with E-state index in [1.165, 1.54) is 11.7 Å². The van der Waals surface area contributed by atoms with Gasteiger partial charge in [-0.15, -0.1) is 5.10 Å². The van der Waals surface area contributed by atoms with Crippen molar-refractivity contribution in [1.82, 2.24) is 15.0 Å². The summed E-state index contributed by atoms with van der Waals surface area (Å²) in [5.41, 5.74) is 2.48. The second-order valence-corrected chi connectivity index (χ2v) is 6.62. The molecule has 28 heavy (non-hydrogen) atoms. The molecular weight excluding hydrogens is 380 g/mol. The molecule has 2 aromatic carbocycles. The Morgan fingerprint density at radius 1 is 1.07 bits per heavy atom. The van der Waals surface area contributed by atoms with E-state index in [1.807, 2.05) is 30.3 Å². The van der Waals surface area contributed by atoms with Gasteiger partial charge in [-0.3, -0.25) is 4.79 Å². The van der Waals surface area contributed by atoms with E-state index in [9.17, 15) is 9.59 Å². The van der Waals surface area contributed by atoms with Gasteiger partial charge in [0, 0.05) is 10.7 Å². The van der Waals surface area contributed by atoms with E-state index in [4.69, 9.17) is 16.3 Å². The second kappa shape index (κ2) is 8.22. The quantitative estimate of drug-likeness (QED) is 0.662. The van der Waals surface area contributed by atoms with Crippen molar-refractivity contribution in [3.63, 3.8) is 0 Å². The Morgan fingerprint density at radius 2 is 1.79 bits per heavy atom. The lowest BCUT2D eigenvalue weighted by Crippen LogP contribution is -2.30. The number of para-hydroxylation sites is 1. The monoisotopic (exact) mass is 398 g/mol. The summed E-state index contributed by atoms with van der Waals surface area (Å²) in [4.78, 5) is 26.2. The third-order valence-corrected chi connectivity index (χ3v) is 4.55. The van der Waals surface area contributed by atoms with E-state index in [1.54, 1.807) is 32.0 Å². The number of amides is 1. The molecule has 0 aliphatic heterocycles. The van der Waals surface area contributed by atoms with Gasteiger partial charge >= 0.3 is 5.97 Å². The van der Waals surface area contributed by atoms with Crippen LogP contribution < -0.4 is 5.32 Å². The van der Waals surface area contributed by atoms with Crippen molar-refractivity contribution in [2.75, 3.05) is 5.32 Å². The number of halogens is 1. The lowest BCUT2D eigenvalue weighted by molar-refractivity contribution is -0.123. The highest BCUT2D eigenvalue weighted by Crippen LogP contribution is 2.23. The number of ether oxygens (including phenoxy) is 1. The molecule has 0 bridgehead atoms. The number of carbonyl (C=O) groups is 2. The molecule has 0 aliphatic rings. The molecule has 144 valence electrons. The number of hydrogen-bond acceptors (Lipinski definition) is 5. The predicted octanol–water partition coefficient (Wildman–Crippen LogP) is 3.72. The first-order valence-electron chi connectivity index (χ1n) is 8.63. The fourth-order valence-corrected chi connectivity index (χ4v) is 2.67. The molecule has 0 aliphatic carbocycles. The van der Waals surface area contributed by atoms with Crippen molar-refractivity contribution in [2.45, 2.75) is 26.9 Å². The minimum absolute atomic E-state index is 0.0578. The first-order valence-corrected chi connectivity index (χ1v) is 9.01. The smallest absolute Gasteiger partial charge is 0.361 e. The van der Waals surface area contributed by atoms with Crippen molar-refractivity contribution in [3.8, 4) is 5.69 Å². The highest BCUT2D eigenvalue weighted by molar-refractivity contribution is 6.31. The van der Waals surface area contributed by atoms with Crippen LogP contribution in [0.4, 0.5) is 5.69 Å². The van der Waals surface area contributed by atoms with Crippen LogP contribution >= 0.6 is 11.6 Å². The molecule has 8 heteroatoms. The lowest BCUT2D eigenvalue weighted by atomic mass is 10.2. The number of anilines is 1. The Hall–Kier alpha value is -3.19. The Labute approximate surface area is 167 Å². The van der Waals surface area contributed by atoms with E-state index < -0.39 is 18.0 Å². The maximum absolute atomic E-state index is 12.5. The number of nitrogens with one attached hydrogen (secondary N) is 1. The Kier molecular flexibility index (Phi) is 5.75. The van der Waals surface area contributed by atoms with Crippen molar-refractivity contribution in [3.05, 3.63) is 70.5 Å². The van der Waals surface area contributed by atoms with Crippen LogP contribution in [-0.4, -0.2) is 33.0 Å². The molecule has 0 radical (unpaired) electrons. The SMILES string of the molecule is Cc1nn(-c2ccccc2)nc1C(=O)O[C@H](C)C(=O)Nc1cccc(Cl)c1C. The first kappa shape index (κ1) is 19.6. The highest BCUT2D eigenvalue weighted by atomic mass is 35.5. The standard InChI is InChI=1S/C20H19ClN4O3/c1-12-16(21)10-7-11-17(12)22-19(26)14(3)28-20(27)18-13(2)23-25(24-18)15-8-5-4-6-9-15/h4-11,14H,1-3H3,(H,22,26)/t14-/m1/s1. The van der Waals surface area contributed by atoms with Crippen LogP contribution in [0.2, 0.25) is 5.02 Å². The van der Waals surface area contributed by atoms with Gasteiger partial charge in [-0.25, -0.2) is 4.79 Å². The summed E-state index contributed by atoms with van der Waals surface area (Å²) in [5, 5.41) is 11.7. The van der Waals surface area contributed by atoms with Crippen molar-refractivity contribution in [1.29, 1.82) is 0 Å². The molecule has 0 unspecified atom stereocenters. The summed E-state index contributed by atoms with van der Waals surface area (Å²) >= 11 is 6.06.